The quantitative estimate of drug-likeness (QED) is 0.141. The van der Waals surface area contributed by atoms with Crippen molar-refractivity contribution in [3.8, 4) is 45.8 Å². The Morgan fingerprint density at radius 1 is 0.673 bits per heavy atom. The highest BCUT2D eigenvalue weighted by atomic mass is 16.5. The van der Waals surface area contributed by atoms with E-state index in [1.54, 1.807) is 86.4 Å². The van der Waals surface area contributed by atoms with E-state index in [-0.39, 0.29) is 23.0 Å². The molecule has 0 spiro atoms. The molecule has 0 aliphatic rings. The monoisotopic (exact) mass is 653 g/mol. The van der Waals surface area contributed by atoms with Crippen molar-refractivity contribution in [2.24, 2.45) is 0 Å². The summed E-state index contributed by atoms with van der Waals surface area (Å²) in [4.78, 5) is 39.3. The lowest BCUT2D eigenvalue weighted by molar-refractivity contribution is 0.102. The maximum Gasteiger partial charge on any atom is 0.233 e. The van der Waals surface area contributed by atoms with Gasteiger partial charge in [0, 0.05) is 24.8 Å². The molecular formula is C38H31N5O6. The molecule has 0 saturated heterocycles. The Labute approximate surface area is 281 Å². The Balaban J connectivity index is 0.000000161. The average molecular weight is 654 g/mol. The number of aromatic hydroxyl groups is 2. The number of rotatable bonds is 7. The average Bonchev–Trinajstić information content (AvgIpc) is 3.55. The van der Waals surface area contributed by atoms with Gasteiger partial charge in [0.25, 0.3) is 0 Å². The number of para-hydroxylation sites is 2. The summed E-state index contributed by atoms with van der Waals surface area (Å²) in [6.07, 6.45) is 7.38. The third kappa shape index (κ3) is 7.75. The number of pyridine rings is 4. The minimum absolute atomic E-state index is 0.0347. The minimum Gasteiger partial charge on any atom is -0.507 e. The van der Waals surface area contributed by atoms with E-state index in [0.717, 1.165) is 5.52 Å². The van der Waals surface area contributed by atoms with Crippen LogP contribution in [0.5, 0.6) is 23.0 Å². The number of carbonyl (C=O) groups excluding carboxylic acids is 2. The van der Waals surface area contributed by atoms with Crippen LogP contribution in [0.4, 0.5) is 0 Å². The number of benzene rings is 2. The number of phenolic OH excluding ortho intramolecular Hbond substituents is 2. The molecule has 5 aromatic heterocycles. The third-order valence-corrected chi connectivity index (χ3v) is 7.08. The Kier molecular flexibility index (Phi) is 11.0. The standard InChI is InChI=1S/C19H15N3O2.C12H10N2O2.C7H6O2/c1-24-16-10-6-11-20-18(16)17-14-8-4-5-12-22(14)19(21-17)13-7-2-3-9-15(13)23;1-16-10-6-4-8-14-11(10)12(15)9-5-2-3-7-13-9;8-5-6-3-1-2-4-7(6)9/h2-12,23H,1H3;2-8H,1H3;1-5,9H. The van der Waals surface area contributed by atoms with Gasteiger partial charge in [0.1, 0.15) is 45.9 Å². The van der Waals surface area contributed by atoms with Crippen molar-refractivity contribution in [1.82, 2.24) is 24.3 Å². The van der Waals surface area contributed by atoms with E-state index in [2.05, 4.69) is 15.0 Å². The van der Waals surface area contributed by atoms with Crippen LogP contribution in [0.2, 0.25) is 0 Å². The Morgan fingerprint density at radius 3 is 2.00 bits per heavy atom. The Bertz CT molecular complexity index is 2190. The fourth-order valence-corrected chi connectivity index (χ4v) is 4.73. The van der Waals surface area contributed by atoms with Crippen LogP contribution in [0, 0.1) is 0 Å². The number of ketones is 1. The zero-order valence-electron chi connectivity index (χ0n) is 26.5. The molecule has 7 aromatic rings. The largest absolute Gasteiger partial charge is 0.507 e. The van der Waals surface area contributed by atoms with Crippen LogP contribution >= 0.6 is 0 Å². The summed E-state index contributed by atoms with van der Waals surface area (Å²) < 4.78 is 12.4. The molecule has 0 atom stereocenters. The minimum atomic E-state index is -0.238. The number of fused-ring (bicyclic) bond motifs is 1. The number of aromatic nitrogens is 5. The molecule has 2 N–H and O–H groups in total. The highest BCUT2D eigenvalue weighted by molar-refractivity contribution is 6.08. The molecule has 0 unspecified atom stereocenters. The van der Waals surface area contributed by atoms with E-state index in [1.807, 2.05) is 53.1 Å². The first-order chi connectivity index (χ1) is 24.0. The number of aldehydes is 1. The van der Waals surface area contributed by atoms with Gasteiger partial charge in [0.05, 0.1) is 30.9 Å². The molecule has 0 radical (unpaired) electrons. The van der Waals surface area contributed by atoms with Gasteiger partial charge in [-0.2, -0.15) is 0 Å². The van der Waals surface area contributed by atoms with Crippen molar-refractivity contribution < 1.29 is 29.3 Å². The molecule has 11 nitrogen and oxygen atoms in total. The second-order valence-corrected chi connectivity index (χ2v) is 10.1. The van der Waals surface area contributed by atoms with E-state index in [9.17, 15) is 14.7 Å². The molecule has 0 saturated carbocycles. The van der Waals surface area contributed by atoms with Crippen LogP contribution in [0.3, 0.4) is 0 Å². The van der Waals surface area contributed by atoms with Crippen LogP contribution in [0.25, 0.3) is 28.3 Å². The van der Waals surface area contributed by atoms with Gasteiger partial charge >= 0.3 is 0 Å². The van der Waals surface area contributed by atoms with Crippen LogP contribution in [-0.4, -0.2) is 60.8 Å². The molecule has 5 heterocycles. The third-order valence-electron chi connectivity index (χ3n) is 7.08. The summed E-state index contributed by atoms with van der Waals surface area (Å²) in [7, 11) is 3.12. The van der Waals surface area contributed by atoms with Crippen molar-refractivity contribution >= 4 is 17.6 Å². The first-order valence-electron chi connectivity index (χ1n) is 14.9. The molecule has 2 aromatic carbocycles. The number of hydrogen-bond acceptors (Lipinski definition) is 10. The molecule has 0 aliphatic carbocycles. The van der Waals surface area contributed by atoms with E-state index >= 15 is 0 Å². The van der Waals surface area contributed by atoms with Gasteiger partial charge in [0.15, 0.2) is 12.0 Å². The summed E-state index contributed by atoms with van der Waals surface area (Å²) in [6.45, 7) is 0. The second-order valence-electron chi connectivity index (χ2n) is 10.1. The van der Waals surface area contributed by atoms with Crippen molar-refractivity contribution in [2.45, 2.75) is 0 Å². The second kappa shape index (κ2) is 16.1. The SMILES string of the molecule is COc1cccnc1-c1nc(-c2ccccc2O)n2ccccc12.COc1cccnc1C(=O)c1ccccn1.O=Cc1ccccc1O. The van der Waals surface area contributed by atoms with Gasteiger partial charge in [-0.1, -0.05) is 36.4 Å². The molecule has 0 aliphatic heterocycles. The number of ether oxygens (including phenoxy) is 2. The van der Waals surface area contributed by atoms with Crippen molar-refractivity contribution in [3.05, 3.63) is 151 Å². The number of carbonyl (C=O) groups is 2. The molecule has 7 rings (SSSR count). The number of phenols is 2. The first-order valence-corrected chi connectivity index (χ1v) is 14.9. The van der Waals surface area contributed by atoms with Gasteiger partial charge in [-0.05, 0) is 72.8 Å². The fourth-order valence-electron chi connectivity index (χ4n) is 4.73. The molecule has 11 heteroatoms. The summed E-state index contributed by atoms with van der Waals surface area (Å²) in [5.41, 5.74) is 3.92. The highest BCUT2D eigenvalue weighted by Gasteiger charge is 2.19. The zero-order chi connectivity index (χ0) is 34.6. The van der Waals surface area contributed by atoms with E-state index in [4.69, 9.17) is 19.6 Å². The smallest absolute Gasteiger partial charge is 0.233 e. The van der Waals surface area contributed by atoms with Gasteiger partial charge in [-0.25, -0.2) is 9.97 Å². The number of methoxy groups -OCH3 is 2. The highest BCUT2D eigenvalue weighted by Crippen LogP contribution is 2.35. The zero-order valence-corrected chi connectivity index (χ0v) is 26.5. The topological polar surface area (TPSA) is 149 Å². The van der Waals surface area contributed by atoms with Crippen LogP contribution < -0.4 is 9.47 Å². The van der Waals surface area contributed by atoms with Crippen LogP contribution in [0.1, 0.15) is 26.5 Å². The number of imidazole rings is 1. The maximum atomic E-state index is 12.0. The predicted octanol–water partition coefficient (Wildman–Crippen LogP) is 6.70. The Hall–Kier alpha value is -6.88. The summed E-state index contributed by atoms with van der Waals surface area (Å²) >= 11 is 0. The van der Waals surface area contributed by atoms with Crippen molar-refractivity contribution in [2.75, 3.05) is 14.2 Å². The molecule has 49 heavy (non-hydrogen) atoms. The van der Waals surface area contributed by atoms with Gasteiger partial charge in [0.2, 0.25) is 5.78 Å². The van der Waals surface area contributed by atoms with Gasteiger partial charge in [-0.15, -0.1) is 0 Å². The summed E-state index contributed by atoms with van der Waals surface area (Å²) in [6, 6.07) is 31.7. The normalized spacial score (nSPS) is 10.2. The van der Waals surface area contributed by atoms with Crippen LogP contribution in [-0.2, 0) is 0 Å². The first kappa shape index (κ1) is 33.5. The molecule has 0 amide bonds. The van der Waals surface area contributed by atoms with Crippen molar-refractivity contribution in [1.29, 1.82) is 0 Å². The van der Waals surface area contributed by atoms with E-state index in [1.165, 1.54) is 13.2 Å². The molecular weight excluding hydrogens is 622 g/mol. The Morgan fingerprint density at radius 2 is 1.33 bits per heavy atom. The van der Waals surface area contributed by atoms with Crippen molar-refractivity contribution in [3.63, 3.8) is 0 Å². The molecule has 244 valence electrons. The lowest BCUT2D eigenvalue weighted by atomic mass is 10.1. The summed E-state index contributed by atoms with van der Waals surface area (Å²) in [5, 5.41) is 19.1. The lowest BCUT2D eigenvalue weighted by Gasteiger charge is -2.04. The maximum absolute atomic E-state index is 12.0. The predicted molar refractivity (Wildman–Crippen MR) is 184 cm³/mol. The van der Waals surface area contributed by atoms with Crippen LogP contribution in [0.15, 0.2) is 134 Å². The van der Waals surface area contributed by atoms with Gasteiger partial charge < -0.3 is 19.7 Å². The summed E-state index contributed by atoms with van der Waals surface area (Å²) in [5.74, 6) is 1.76. The number of nitrogens with zero attached hydrogens (tertiary/aromatic N) is 5. The molecule has 0 bridgehead atoms. The number of hydrogen-bond donors (Lipinski definition) is 2. The molecule has 0 fully saturated rings. The van der Waals surface area contributed by atoms with E-state index in [0.29, 0.717) is 51.8 Å². The lowest BCUT2D eigenvalue weighted by Crippen LogP contribution is -2.07. The fraction of sp³-hybridized carbons (Fsp3) is 0.0526. The van der Waals surface area contributed by atoms with E-state index < -0.39 is 0 Å². The van der Waals surface area contributed by atoms with Gasteiger partial charge in [-0.3, -0.25) is 24.0 Å².